The molecule has 1 aliphatic carbocycles. The molecule has 1 saturated carbocycles. The van der Waals surface area contributed by atoms with Gasteiger partial charge >= 0.3 is 0 Å². The average Bonchev–Trinajstić information content (AvgIpc) is 2.89. The molecule has 2 atom stereocenters. The SMILES string of the molecule is CCCOC1CCCN(CC(O)CC2CCCC2)C1. The van der Waals surface area contributed by atoms with E-state index in [0.717, 1.165) is 45.0 Å². The van der Waals surface area contributed by atoms with Crippen LogP contribution in [0.15, 0.2) is 0 Å². The van der Waals surface area contributed by atoms with Crippen molar-refractivity contribution in [3.63, 3.8) is 0 Å². The normalized spacial score (nSPS) is 27.8. The van der Waals surface area contributed by atoms with Crippen molar-refractivity contribution in [3.8, 4) is 0 Å². The van der Waals surface area contributed by atoms with E-state index in [9.17, 15) is 5.11 Å². The molecule has 1 aliphatic heterocycles. The zero-order valence-corrected chi connectivity index (χ0v) is 12.5. The third-order valence-corrected chi connectivity index (χ3v) is 4.57. The van der Waals surface area contributed by atoms with Gasteiger partial charge in [0.05, 0.1) is 12.2 Å². The van der Waals surface area contributed by atoms with Gasteiger partial charge in [-0.3, -0.25) is 4.90 Å². The van der Waals surface area contributed by atoms with Gasteiger partial charge in [0.15, 0.2) is 0 Å². The minimum absolute atomic E-state index is 0.131. The predicted octanol–water partition coefficient (Wildman–Crippen LogP) is 2.82. The molecule has 0 aromatic heterocycles. The number of likely N-dealkylation sites (tertiary alicyclic amines) is 1. The highest BCUT2D eigenvalue weighted by Crippen LogP contribution is 2.29. The number of aliphatic hydroxyl groups excluding tert-OH is 1. The van der Waals surface area contributed by atoms with E-state index in [1.54, 1.807) is 0 Å². The van der Waals surface area contributed by atoms with Crippen LogP contribution in [0.25, 0.3) is 0 Å². The van der Waals surface area contributed by atoms with Crippen LogP contribution in [-0.4, -0.2) is 48.5 Å². The Morgan fingerprint density at radius 3 is 2.74 bits per heavy atom. The van der Waals surface area contributed by atoms with Gasteiger partial charge in [-0.25, -0.2) is 0 Å². The maximum atomic E-state index is 10.2. The Hall–Kier alpha value is -0.120. The second-order valence-corrected chi connectivity index (χ2v) is 6.43. The van der Waals surface area contributed by atoms with Gasteiger partial charge in [-0.1, -0.05) is 32.6 Å². The number of aliphatic hydroxyl groups is 1. The van der Waals surface area contributed by atoms with E-state index in [1.165, 1.54) is 38.5 Å². The van der Waals surface area contributed by atoms with Crippen LogP contribution in [0.1, 0.15) is 58.3 Å². The first-order chi connectivity index (χ1) is 9.28. The van der Waals surface area contributed by atoms with Crippen molar-refractivity contribution in [2.75, 3.05) is 26.2 Å². The van der Waals surface area contributed by atoms with Crippen molar-refractivity contribution in [2.24, 2.45) is 5.92 Å². The van der Waals surface area contributed by atoms with Gasteiger partial charge in [0.1, 0.15) is 0 Å². The first kappa shape index (κ1) is 15.3. The maximum absolute atomic E-state index is 10.2. The number of piperidine rings is 1. The summed E-state index contributed by atoms with van der Waals surface area (Å²) in [5.41, 5.74) is 0. The molecule has 1 N–H and O–H groups in total. The molecule has 0 aromatic carbocycles. The lowest BCUT2D eigenvalue weighted by molar-refractivity contribution is -0.0139. The van der Waals surface area contributed by atoms with E-state index >= 15 is 0 Å². The molecular weight excluding hydrogens is 238 g/mol. The van der Waals surface area contributed by atoms with Gasteiger partial charge in [-0.2, -0.15) is 0 Å². The lowest BCUT2D eigenvalue weighted by atomic mass is 9.99. The molecule has 2 aliphatic rings. The second kappa shape index (κ2) is 8.23. The first-order valence-corrected chi connectivity index (χ1v) is 8.30. The van der Waals surface area contributed by atoms with Crippen molar-refractivity contribution >= 4 is 0 Å². The molecule has 0 bridgehead atoms. The fraction of sp³-hybridized carbons (Fsp3) is 1.00. The molecule has 0 spiro atoms. The van der Waals surface area contributed by atoms with Crippen LogP contribution in [-0.2, 0) is 4.74 Å². The summed E-state index contributed by atoms with van der Waals surface area (Å²) < 4.78 is 5.85. The van der Waals surface area contributed by atoms with Gasteiger partial charge in [-0.15, -0.1) is 0 Å². The third-order valence-electron chi connectivity index (χ3n) is 4.57. The standard InChI is InChI=1S/C16H31NO2/c1-2-10-19-16-8-5-9-17(13-16)12-15(18)11-14-6-3-4-7-14/h14-16,18H,2-13H2,1H3. The van der Waals surface area contributed by atoms with E-state index in [4.69, 9.17) is 4.74 Å². The van der Waals surface area contributed by atoms with Crippen LogP contribution in [0.2, 0.25) is 0 Å². The quantitative estimate of drug-likeness (QED) is 0.771. The lowest BCUT2D eigenvalue weighted by Crippen LogP contribution is -2.43. The smallest absolute Gasteiger partial charge is 0.0702 e. The summed E-state index contributed by atoms with van der Waals surface area (Å²) in [7, 11) is 0. The van der Waals surface area contributed by atoms with Gasteiger partial charge in [0, 0.05) is 19.7 Å². The minimum Gasteiger partial charge on any atom is -0.392 e. The fourth-order valence-electron chi connectivity index (χ4n) is 3.60. The van der Waals surface area contributed by atoms with E-state index < -0.39 is 0 Å². The average molecular weight is 269 g/mol. The van der Waals surface area contributed by atoms with Crippen LogP contribution in [0.3, 0.4) is 0 Å². The Bertz CT molecular complexity index is 241. The largest absolute Gasteiger partial charge is 0.392 e. The highest BCUT2D eigenvalue weighted by Gasteiger charge is 2.24. The summed E-state index contributed by atoms with van der Waals surface area (Å²) in [6.45, 7) is 6.03. The van der Waals surface area contributed by atoms with Crippen molar-refractivity contribution in [3.05, 3.63) is 0 Å². The molecule has 2 unspecified atom stereocenters. The number of nitrogens with zero attached hydrogens (tertiary/aromatic N) is 1. The molecule has 2 rings (SSSR count). The highest BCUT2D eigenvalue weighted by atomic mass is 16.5. The number of hydrogen-bond donors (Lipinski definition) is 1. The van der Waals surface area contributed by atoms with E-state index in [0.29, 0.717) is 6.10 Å². The van der Waals surface area contributed by atoms with Crippen LogP contribution >= 0.6 is 0 Å². The second-order valence-electron chi connectivity index (χ2n) is 6.43. The molecule has 0 radical (unpaired) electrons. The minimum atomic E-state index is -0.131. The Morgan fingerprint density at radius 1 is 1.21 bits per heavy atom. The van der Waals surface area contributed by atoms with Gasteiger partial charge < -0.3 is 9.84 Å². The lowest BCUT2D eigenvalue weighted by Gasteiger charge is -2.34. The Kier molecular flexibility index (Phi) is 6.62. The maximum Gasteiger partial charge on any atom is 0.0702 e. The van der Waals surface area contributed by atoms with Gasteiger partial charge in [0.25, 0.3) is 0 Å². The summed E-state index contributed by atoms with van der Waals surface area (Å²) in [6.07, 6.45) is 10.2. The Balaban J connectivity index is 1.65. The summed E-state index contributed by atoms with van der Waals surface area (Å²) in [6, 6.07) is 0. The molecule has 0 aromatic rings. The number of hydrogen-bond acceptors (Lipinski definition) is 3. The molecule has 3 heteroatoms. The Morgan fingerprint density at radius 2 is 2.00 bits per heavy atom. The van der Waals surface area contributed by atoms with Crippen LogP contribution in [0.5, 0.6) is 0 Å². The van der Waals surface area contributed by atoms with Crippen molar-refractivity contribution in [1.82, 2.24) is 4.90 Å². The first-order valence-electron chi connectivity index (χ1n) is 8.30. The predicted molar refractivity (Wildman–Crippen MR) is 78.3 cm³/mol. The molecule has 1 saturated heterocycles. The monoisotopic (exact) mass is 269 g/mol. The summed E-state index contributed by atoms with van der Waals surface area (Å²) in [4.78, 5) is 2.41. The molecule has 1 heterocycles. The van der Waals surface area contributed by atoms with E-state index in [1.807, 2.05) is 0 Å². The zero-order chi connectivity index (χ0) is 13.5. The zero-order valence-electron chi connectivity index (χ0n) is 12.5. The van der Waals surface area contributed by atoms with Crippen molar-refractivity contribution < 1.29 is 9.84 Å². The van der Waals surface area contributed by atoms with Crippen LogP contribution in [0, 0.1) is 5.92 Å². The van der Waals surface area contributed by atoms with Gasteiger partial charge in [0.2, 0.25) is 0 Å². The molecular formula is C16H31NO2. The topological polar surface area (TPSA) is 32.7 Å². The number of β-amino-alcohol motifs (C(OH)–C–C–N with tert-alkyl or cyclic N) is 1. The van der Waals surface area contributed by atoms with Crippen LogP contribution in [0.4, 0.5) is 0 Å². The fourth-order valence-corrected chi connectivity index (χ4v) is 3.60. The van der Waals surface area contributed by atoms with Crippen molar-refractivity contribution in [2.45, 2.75) is 70.5 Å². The molecule has 19 heavy (non-hydrogen) atoms. The van der Waals surface area contributed by atoms with Crippen LogP contribution < -0.4 is 0 Å². The summed E-state index contributed by atoms with van der Waals surface area (Å²) in [5.74, 6) is 0.784. The molecule has 2 fully saturated rings. The summed E-state index contributed by atoms with van der Waals surface area (Å²) in [5, 5.41) is 10.2. The van der Waals surface area contributed by atoms with E-state index in [-0.39, 0.29) is 6.10 Å². The van der Waals surface area contributed by atoms with Crippen molar-refractivity contribution in [1.29, 1.82) is 0 Å². The Labute approximate surface area is 118 Å². The number of ether oxygens (including phenoxy) is 1. The third kappa shape index (κ3) is 5.41. The number of rotatable bonds is 7. The molecule has 0 amide bonds. The summed E-state index contributed by atoms with van der Waals surface area (Å²) >= 11 is 0. The molecule has 112 valence electrons. The van der Waals surface area contributed by atoms with E-state index in [2.05, 4.69) is 11.8 Å². The highest BCUT2D eigenvalue weighted by molar-refractivity contribution is 4.78. The molecule has 3 nitrogen and oxygen atoms in total. The van der Waals surface area contributed by atoms with Gasteiger partial charge in [-0.05, 0) is 38.1 Å².